The molecule has 1 unspecified atom stereocenters. The van der Waals surface area contributed by atoms with E-state index in [0.717, 1.165) is 11.9 Å². The zero-order chi connectivity index (χ0) is 20.3. The van der Waals surface area contributed by atoms with Crippen molar-refractivity contribution < 1.29 is 22.7 Å². The van der Waals surface area contributed by atoms with Crippen molar-refractivity contribution in [2.75, 3.05) is 12.4 Å². The van der Waals surface area contributed by atoms with Crippen molar-refractivity contribution in [3.63, 3.8) is 0 Å². The number of alkyl halides is 2. The zero-order valence-electron chi connectivity index (χ0n) is 15.1. The first-order valence-corrected chi connectivity index (χ1v) is 9.56. The number of nitrogens with one attached hydrogen (secondary N) is 1. The van der Waals surface area contributed by atoms with Crippen LogP contribution in [0.3, 0.4) is 0 Å². The van der Waals surface area contributed by atoms with E-state index in [2.05, 4.69) is 10.3 Å². The highest BCUT2D eigenvalue weighted by Crippen LogP contribution is 2.48. The molecule has 1 aromatic heterocycles. The van der Waals surface area contributed by atoms with Crippen LogP contribution in [0.2, 0.25) is 0 Å². The molecule has 1 fully saturated rings. The van der Waals surface area contributed by atoms with E-state index in [1.54, 1.807) is 12.1 Å². The first-order valence-electron chi connectivity index (χ1n) is 8.68. The van der Waals surface area contributed by atoms with Crippen LogP contribution in [0.5, 0.6) is 5.75 Å². The Balaban J connectivity index is 1.93. The number of methoxy groups -OCH3 is 1. The van der Waals surface area contributed by atoms with Gasteiger partial charge in [0.25, 0.3) is 0 Å². The molecule has 1 aromatic carbocycles. The van der Waals surface area contributed by atoms with Crippen LogP contribution in [0.4, 0.5) is 18.9 Å². The van der Waals surface area contributed by atoms with Gasteiger partial charge in [-0.25, -0.2) is 18.2 Å². The minimum Gasteiger partial charge on any atom is -0.496 e. The summed E-state index contributed by atoms with van der Waals surface area (Å²) in [5, 5.41) is 8.57. The number of nitrogens with zero attached hydrogens (tertiary/aromatic N) is 1. The van der Waals surface area contributed by atoms with Crippen molar-refractivity contribution in [3.05, 3.63) is 47.9 Å². The standard InChI is InChI=1S/C19H20F3N3O2S/c1-27-15-4-2-3-14(20)17(15)12-5-7-19(21,22)10-13(12)18(26)25-11-6-8-24-16(9-11)28-23/h2-4,6,8-9,12-13H,5,7,10,23H2,1H3,(H,24,25,26)/t12-,13?/m1/s1. The molecule has 3 N–H and O–H groups in total. The lowest BCUT2D eigenvalue weighted by Crippen LogP contribution is -2.38. The smallest absolute Gasteiger partial charge is 0.249 e. The number of carbonyl (C=O) groups is 1. The van der Waals surface area contributed by atoms with E-state index in [-0.39, 0.29) is 17.7 Å². The van der Waals surface area contributed by atoms with Crippen LogP contribution < -0.4 is 15.2 Å². The predicted octanol–water partition coefficient (Wildman–Crippen LogP) is 4.35. The quantitative estimate of drug-likeness (QED) is 0.715. The van der Waals surface area contributed by atoms with Gasteiger partial charge in [-0.2, -0.15) is 0 Å². The fraction of sp³-hybridized carbons (Fsp3) is 0.368. The van der Waals surface area contributed by atoms with Gasteiger partial charge >= 0.3 is 0 Å². The monoisotopic (exact) mass is 411 g/mol. The van der Waals surface area contributed by atoms with Crippen LogP contribution >= 0.6 is 11.9 Å². The molecule has 0 saturated heterocycles. The van der Waals surface area contributed by atoms with Crippen molar-refractivity contribution >= 4 is 23.5 Å². The first kappa shape index (κ1) is 20.5. The molecule has 5 nitrogen and oxygen atoms in total. The van der Waals surface area contributed by atoms with Crippen molar-refractivity contribution in [2.45, 2.75) is 36.1 Å². The minimum absolute atomic E-state index is 0.0252. The molecule has 150 valence electrons. The lowest BCUT2D eigenvalue weighted by Gasteiger charge is -2.36. The van der Waals surface area contributed by atoms with Gasteiger partial charge in [0, 0.05) is 36.2 Å². The highest BCUT2D eigenvalue weighted by atomic mass is 32.2. The number of amides is 1. The molecule has 1 saturated carbocycles. The van der Waals surface area contributed by atoms with E-state index in [4.69, 9.17) is 9.88 Å². The van der Waals surface area contributed by atoms with Crippen molar-refractivity contribution in [2.24, 2.45) is 11.1 Å². The number of pyridine rings is 1. The summed E-state index contributed by atoms with van der Waals surface area (Å²) in [5.74, 6) is -5.75. The third-order valence-corrected chi connectivity index (χ3v) is 5.35. The van der Waals surface area contributed by atoms with E-state index in [0.29, 0.717) is 10.7 Å². The lowest BCUT2D eigenvalue weighted by molar-refractivity contribution is -0.128. The Bertz CT molecular complexity index is 866. The maximum atomic E-state index is 14.6. The number of hydrogen-bond donors (Lipinski definition) is 2. The number of nitrogens with two attached hydrogens (primary N) is 1. The fourth-order valence-corrected chi connectivity index (χ4v) is 3.91. The average molecular weight is 411 g/mol. The van der Waals surface area contributed by atoms with Crippen LogP contribution in [0, 0.1) is 11.7 Å². The van der Waals surface area contributed by atoms with Crippen molar-refractivity contribution in [3.8, 4) is 5.75 Å². The molecule has 1 amide bonds. The molecular weight excluding hydrogens is 391 g/mol. The maximum Gasteiger partial charge on any atom is 0.249 e. The summed E-state index contributed by atoms with van der Waals surface area (Å²) in [6.07, 6.45) is 0.354. The summed E-state index contributed by atoms with van der Waals surface area (Å²) in [4.78, 5) is 16.9. The van der Waals surface area contributed by atoms with E-state index in [9.17, 15) is 18.0 Å². The Morgan fingerprint density at radius 2 is 2.18 bits per heavy atom. The van der Waals surface area contributed by atoms with Gasteiger partial charge in [0.2, 0.25) is 11.8 Å². The van der Waals surface area contributed by atoms with E-state index in [1.165, 1.54) is 31.5 Å². The Labute approximate surface area is 165 Å². The summed E-state index contributed by atoms with van der Waals surface area (Å²) in [7, 11) is 1.38. The second-order valence-corrected chi connectivity index (χ2v) is 7.31. The summed E-state index contributed by atoms with van der Waals surface area (Å²) in [6.45, 7) is 0. The molecule has 0 bridgehead atoms. The fourth-order valence-electron chi connectivity index (χ4n) is 3.60. The first-order chi connectivity index (χ1) is 13.3. The molecule has 3 rings (SSSR count). The van der Waals surface area contributed by atoms with Gasteiger partial charge in [0.15, 0.2) is 0 Å². The van der Waals surface area contributed by atoms with Crippen molar-refractivity contribution in [1.82, 2.24) is 4.98 Å². The molecule has 9 heteroatoms. The molecule has 1 aliphatic rings. The molecule has 0 aliphatic heterocycles. The normalized spacial score (nSPS) is 21.2. The zero-order valence-corrected chi connectivity index (χ0v) is 15.9. The van der Waals surface area contributed by atoms with Crippen LogP contribution in [-0.2, 0) is 4.79 Å². The predicted molar refractivity (Wildman–Crippen MR) is 101 cm³/mol. The number of ether oxygens (including phenoxy) is 1. The molecule has 2 atom stereocenters. The second-order valence-electron chi connectivity index (χ2n) is 6.66. The minimum atomic E-state index is -2.99. The third kappa shape index (κ3) is 4.41. The van der Waals surface area contributed by atoms with Gasteiger partial charge in [0.05, 0.1) is 13.0 Å². The number of hydrogen-bond acceptors (Lipinski definition) is 5. The summed E-state index contributed by atoms with van der Waals surface area (Å²) in [5.41, 5.74) is 0.551. The van der Waals surface area contributed by atoms with Crippen LogP contribution in [0.1, 0.15) is 30.7 Å². The molecular formula is C19H20F3N3O2S. The maximum absolute atomic E-state index is 14.6. The third-order valence-electron chi connectivity index (χ3n) is 4.89. The van der Waals surface area contributed by atoms with Crippen LogP contribution in [0.25, 0.3) is 0 Å². The topological polar surface area (TPSA) is 77.2 Å². The van der Waals surface area contributed by atoms with E-state index < -0.39 is 42.3 Å². The number of rotatable bonds is 5. The number of aromatic nitrogens is 1. The van der Waals surface area contributed by atoms with Gasteiger partial charge in [-0.1, -0.05) is 6.07 Å². The van der Waals surface area contributed by atoms with E-state index >= 15 is 0 Å². The van der Waals surface area contributed by atoms with Gasteiger partial charge in [-0.3, -0.25) is 9.93 Å². The molecule has 0 radical (unpaired) electrons. The van der Waals surface area contributed by atoms with Gasteiger partial charge in [-0.15, -0.1) is 0 Å². The number of carbonyl (C=O) groups excluding carboxylic acids is 1. The highest BCUT2D eigenvalue weighted by Gasteiger charge is 2.46. The lowest BCUT2D eigenvalue weighted by atomic mass is 9.73. The SMILES string of the molecule is COc1cccc(F)c1[C@@H]1CCC(F)(F)CC1C(=O)Nc1ccnc(SN)c1. The number of halogens is 3. The number of benzene rings is 1. The highest BCUT2D eigenvalue weighted by molar-refractivity contribution is 7.97. The Morgan fingerprint density at radius 1 is 1.39 bits per heavy atom. The van der Waals surface area contributed by atoms with Crippen molar-refractivity contribution in [1.29, 1.82) is 0 Å². The van der Waals surface area contributed by atoms with E-state index in [1.807, 2.05) is 0 Å². The van der Waals surface area contributed by atoms with Gasteiger partial charge in [-0.05, 0) is 42.6 Å². The van der Waals surface area contributed by atoms with Gasteiger partial charge < -0.3 is 10.1 Å². The average Bonchev–Trinajstić information content (AvgIpc) is 2.67. The van der Waals surface area contributed by atoms with Crippen LogP contribution in [0.15, 0.2) is 41.6 Å². The summed E-state index contributed by atoms with van der Waals surface area (Å²) >= 11 is 0.901. The summed E-state index contributed by atoms with van der Waals surface area (Å²) < 4.78 is 48.0. The Kier molecular flexibility index (Phi) is 6.14. The molecule has 0 spiro atoms. The molecule has 1 aliphatic carbocycles. The van der Waals surface area contributed by atoms with Gasteiger partial charge in [0.1, 0.15) is 16.6 Å². The van der Waals surface area contributed by atoms with Crippen LogP contribution in [-0.4, -0.2) is 23.9 Å². The molecule has 2 aromatic rings. The molecule has 1 heterocycles. The number of anilines is 1. The second kappa shape index (κ2) is 8.40. The largest absolute Gasteiger partial charge is 0.496 e. The Morgan fingerprint density at radius 3 is 2.89 bits per heavy atom. The summed E-state index contributed by atoms with van der Waals surface area (Å²) in [6, 6.07) is 7.37. The Hall–Kier alpha value is -2.26. The molecule has 28 heavy (non-hydrogen) atoms.